The van der Waals surface area contributed by atoms with Gasteiger partial charge in [-0.1, -0.05) is 0 Å². The van der Waals surface area contributed by atoms with Gasteiger partial charge in [-0.2, -0.15) is 0 Å². The Labute approximate surface area is 88.5 Å². The maximum absolute atomic E-state index is 10.7. The molecule has 0 aromatic carbocycles. The molecule has 0 heterocycles. The topological polar surface area (TPSA) is 129 Å². The van der Waals surface area contributed by atoms with Gasteiger partial charge in [-0.3, -0.25) is 30.3 Å². The normalized spacial score (nSPS) is 24.3. The Morgan fingerprint density at radius 3 is 1.94 bits per heavy atom. The van der Waals surface area contributed by atoms with Crippen LogP contribution in [-0.2, 0) is 0 Å². The first-order valence-corrected chi connectivity index (χ1v) is 4.00. The highest BCUT2D eigenvalue weighted by Gasteiger charge is 2.46. The molecule has 0 N–H and O–H groups in total. The third-order valence-electron chi connectivity index (χ3n) is 1.99. The van der Waals surface area contributed by atoms with Gasteiger partial charge >= 0.3 is 0 Å². The van der Waals surface area contributed by atoms with Crippen molar-refractivity contribution in [3.63, 3.8) is 0 Å². The lowest BCUT2D eigenvalue weighted by Gasteiger charge is -2.16. The van der Waals surface area contributed by atoms with Crippen LogP contribution in [0.1, 0.15) is 6.92 Å². The molecule has 1 aliphatic rings. The molecule has 0 amide bonds. The third kappa shape index (κ3) is 2.02. The first kappa shape index (κ1) is 11.8. The molecule has 1 rings (SSSR count). The van der Waals surface area contributed by atoms with Crippen LogP contribution >= 0.6 is 0 Å². The molecule has 1 radical (unpaired) electrons. The first-order chi connectivity index (χ1) is 7.26. The fraction of sp³-hybridized carbons (Fsp3) is 0.286. The van der Waals surface area contributed by atoms with Crippen molar-refractivity contribution in [2.75, 3.05) is 0 Å². The summed E-state index contributed by atoms with van der Waals surface area (Å²) in [5.41, 5.74) is -3.25. The van der Waals surface area contributed by atoms with Crippen molar-refractivity contribution < 1.29 is 14.8 Å². The second kappa shape index (κ2) is 3.68. The maximum atomic E-state index is 10.7. The maximum Gasteiger partial charge on any atom is 0.279 e. The van der Waals surface area contributed by atoms with Crippen molar-refractivity contribution in [1.29, 1.82) is 0 Å². The zero-order chi connectivity index (χ0) is 12.5. The first-order valence-electron chi connectivity index (χ1n) is 4.00. The zero-order valence-corrected chi connectivity index (χ0v) is 8.02. The van der Waals surface area contributed by atoms with E-state index < -0.39 is 31.7 Å². The molecule has 0 fully saturated rings. The average Bonchev–Trinajstić information content (AvgIpc) is 2.16. The van der Waals surface area contributed by atoms with Crippen LogP contribution in [0.3, 0.4) is 0 Å². The third-order valence-corrected chi connectivity index (χ3v) is 1.99. The van der Waals surface area contributed by atoms with Crippen LogP contribution in [0.5, 0.6) is 0 Å². The monoisotopic (exact) mass is 228 g/mol. The average molecular weight is 228 g/mol. The van der Waals surface area contributed by atoms with Crippen LogP contribution in [-0.4, -0.2) is 20.3 Å². The van der Waals surface area contributed by atoms with E-state index in [-0.39, 0.29) is 0 Å². The SMILES string of the molecule is CC1([N+](=O)[O-])[CH]C([N+](=O)[O-])=CC([N+](=O)[O-])=C1. The highest BCUT2D eigenvalue weighted by Crippen LogP contribution is 2.28. The largest absolute Gasteiger partial charge is 0.279 e. The molecule has 0 bridgehead atoms. The molecule has 0 saturated heterocycles. The molecule has 0 saturated carbocycles. The number of nitrogens with zero attached hydrogens (tertiary/aromatic N) is 3. The summed E-state index contributed by atoms with van der Waals surface area (Å²) in [7, 11) is 0. The molecule has 16 heavy (non-hydrogen) atoms. The minimum Gasteiger partial charge on any atom is -0.264 e. The van der Waals surface area contributed by atoms with E-state index in [1.54, 1.807) is 0 Å². The summed E-state index contributed by atoms with van der Waals surface area (Å²) in [5.74, 6) is 0. The van der Waals surface area contributed by atoms with Crippen molar-refractivity contribution in [2.24, 2.45) is 0 Å². The van der Waals surface area contributed by atoms with Crippen LogP contribution in [0.4, 0.5) is 0 Å². The van der Waals surface area contributed by atoms with Gasteiger partial charge in [-0.25, -0.2) is 0 Å². The van der Waals surface area contributed by atoms with E-state index in [0.717, 1.165) is 19.4 Å². The summed E-state index contributed by atoms with van der Waals surface area (Å²) in [5, 5.41) is 31.6. The lowest BCUT2D eigenvalue weighted by molar-refractivity contribution is -0.547. The van der Waals surface area contributed by atoms with Gasteiger partial charge in [-0.05, 0) is 0 Å². The Kier molecular flexibility index (Phi) is 2.70. The summed E-state index contributed by atoms with van der Waals surface area (Å²) in [6.07, 6.45) is 2.21. The summed E-state index contributed by atoms with van der Waals surface area (Å²) >= 11 is 0. The Morgan fingerprint density at radius 1 is 1.06 bits per heavy atom. The van der Waals surface area contributed by atoms with Gasteiger partial charge in [0.05, 0.1) is 22.0 Å². The number of rotatable bonds is 3. The molecule has 0 spiro atoms. The lowest BCUT2D eigenvalue weighted by Crippen LogP contribution is -2.37. The molecule has 1 aliphatic carbocycles. The van der Waals surface area contributed by atoms with Crippen molar-refractivity contribution in [1.82, 2.24) is 0 Å². The molecule has 1 unspecified atom stereocenters. The molecular weight excluding hydrogens is 222 g/mol. The predicted molar refractivity (Wildman–Crippen MR) is 49.9 cm³/mol. The Balaban J connectivity index is 3.25. The van der Waals surface area contributed by atoms with Gasteiger partial charge in [0, 0.05) is 11.8 Å². The van der Waals surface area contributed by atoms with E-state index >= 15 is 0 Å². The molecule has 85 valence electrons. The van der Waals surface area contributed by atoms with E-state index in [0.29, 0.717) is 6.08 Å². The lowest BCUT2D eigenvalue weighted by atomic mass is 9.91. The van der Waals surface area contributed by atoms with E-state index in [1.165, 1.54) is 0 Å². The standard InChI is InChI=1S/C7H6N3O6/c1-7(10(15)16)3-5(8(11)12)2-6(4-7)9(13)14/h2-4H,1H3. The van der Waals surface area contributed by atoms with E-state index in [9.17, 15) is 30.3 Å². The van der Waals surface area contributed by atoms with E-state index in [4.69, 9.17) is 0 Å². The van der Waals surface area contributed by atoms with Gasteiger partial charge in [-0.15, -0.1) is 0 Å². The van der Waals surface area contributed by atoms with Crippen LogP contribution in [0.2, 0.25) is 0 Å². The second-order valence-corrected chi connectivity index (χ2v) is 3.28. The van der Waals surface area contributed by atoms with Crippen molar-refractivity contribution in [2.45, 2.75) is 12.5 Å². The van der Waals surface area contributed by atoms with Gasteiger partial charge in [0.15, 0.2) is 0 Å². The fourth-order valence-electron chi connectivity index (χ4n) is 1.19. The van der Waals surface area contributed by atoms with E-state index in [2.05, 4.69) is 0 Å². The molecule has 1 atom stereocenters. The fourth-order valence-corrected chi connectivity index (χ4v) is 1.19. The number of hydrogen-bond acceptors (Lipinski definition) is 6. The Morgan fingerprint density at radius 2 is 1.56 bits per heavy atom. The van der Waals surface area contributed by atoms with Gasteiger partial charge in [0.2, 0.25) is 0 Å². The molecule has 9 heteroatoms. The molecule has 0 aromatic rings. The quantitative estimate of drug-likeness (QED) is 0.512. The van der Waals surface area contributed by atoms with Crippen molar-refractivity contribution in [3.05, 3.63) is 60.3 Å². The minimum atomic E-state index is -1.93. The van der Waals surface area contributed by atoms with E-state index in [1.807, 2.05) is 0 Å². The molecule has 0 aliphatic heterocycles. The summed E-state index contributed by atoms with van der Waals surface area (Å²) in [6, 6.07) is 0. The molecule has 9 nitrogen and oxygen atoms in total. The van der Waals surface area contributed by atoms with Crippen LogP contribution < -0.4 is 0 Å². The van der Waals surface area contributed by atoms with Crippen LogP contribution in [0.15, 0.2) is 23.5 Å². The minimum absolute atomic E-state index is 0.659. The Bertz CT molecular complexity index is 439. The summed E-state index contributed by atoms with van der Waals surface area (Å²) < 4.78 is 0. The van der Waals surface area contributed by atoms with Crippen molar-refractivity contribution in [3.8, 4) is 0 Å². The van der Waals surface area contributed by atoms with Crippen LogP contribution in [0, 0.1) is 36.8 Å². The second-order valence-electron chi connectivity index (χ2n) is 3.28. The van der Waals surface area contributed by atoms with Gasteiger partial charge < -0.3 is 0 Å². The molecule has 0 aromatic heterocycles. The molecular formula is C7H6N3O6. The smallest absolute Gasteiger partial charge is 0.264 e. The van der Waals surface area contributed by atoms with Crippen LogP contribution in [0.25, 0.3) is 0 Å². The predicted octanol–water partition coefficient (Wildman–Crippen LogP) is 0.561. The Hall–Kier alpha value is -2.32. The highest BCUT2D eigenvalue weighted by molar-refractivity contribution is 5.33. The highest BCUT2D eigenvalue weighted by atomic mass is 16.6. The van der Waals surface area contributed by atoms with Gasteiger partial charge in [0.1, 0.15) is 6.42 Å². The summed E-state index contributed by atoms with van der Waals surface area (Å²) in [4.78, 5) is 29.0. The number of hydrogen-bond donors (Lipinski definition) is 0. The van der Waals surface area contributed by atoms with Gasteiger partial charge in [0.25, 0.3) is 16.9 Å². The van der Waals surface area contributed by atoms with Crippen molar-refractivity contribution >= 4 is 0 Å². The summed E-state index contributed by atoms with van der Waals surface area (Å²) in [6.45, 7) is 1.05. The number of nitro groups is 3. The zero-order valence-electron chi connectivity index (χ0n) is 8.02. The number of allylic oxidation sites excluding steroid dienone is 1.